The Labute approximate surface area is 126 Å². The molecule has 0 aromatic heterocycles. The Bertz CT molecular complexity index is 516. The average molecular weight is 292 g/mol. The highest BCUT2D eigenvalue weighted by atomic mass is 16.5. The molecule has 0 aliphatic carbocycles. The summed E-state index contributed by atoms with van der Waals surface area (Å²) in [6, 6.07) is 5.16. The number of nitrogens with zero attached hydrogens (tertiary/aromatic N) is 1. The average Bonchev–Trinajstić information content (AvgIpc) is 2.43. The number of para-hydroxylation sites is 1. The van der Waals surface area contributed by atoms with E-state index in [1.54, 1.807) is 0 Å². The molecule has 5 heteroatoms. The number of esters is 1. The lowest BCUT2D eigenvalue weighted by atomic mass is 10.1. The van der Waals surface area contributed by atoms with Crippen molar-refractivity contribution in [2.45, 2.75) is 39.8 Å². The van der Waals surface area contributed by atoms with Crippen LogP contribution < -0.4 is 15.4 Å². The van der Waals surface area contributed by atoms with E-state index in [4.69, 9.17) is 15.2 Å². The van der Waals surface area contributed by atoms with Crippen LogP contribution in [0.25, 0.3) is 0 Å². The number of benzene rings is 1. The zero-order valence-electron chi connectivity index (χ0n) is 13.1. The molecule has 2 unspecified atom stereocenters. The van der Waals surface area contributed by atoms with Gasteiger partial charge in [-0.15, -0.1) is 0 Å². The Balaban J connectivity index is 2.22. The number of carbonyl (C=O) groups excluding carboxylic acids is 1. The van der Waals surface area contributed by atoms with Crippen LogP contribution in [-0.4, -0.2) is 31.3 Å². The maximum atomic E-state index is 12.2. The molecule has 0 fully saturated rings. The van der Waals surface area contributed by atoms with Crippen molar-refractivity contribution in [3.05, 3.63) is 18.2 Å². The smallest absolute Gasteiger partial charge is 0.328 e. The lowest BCUT2D eigenvalue weighted by Crippen LogP contribution is -2.48. The first kappa shape index (κ1) is 15.5. The maximum Gasteiger partial charge on any atom is 0.328 e. The van der Waals surface area contributed by atoms with Gasteiger partial charge >= 0.3 is 5.97 Å². The number of anilines is 2. The van der Waals surface area contributed by atoms with Gasteiger partial charge in [0.15, 0.2) is 0 Å². The van der Waals surface area contributed by atoms with E-state index in [1.165, 1.54) is 0 Å². The summed E-state index contributed by atoms with van der Waals surface area (Å²) in [5.41, 5.74) is 7.46. The van der Waals surface area contributed by atoms with Crippen molar-refractivity contribution in [3.8, 4) is 5.75 Å². The molecule has 0 spiro atoms. The molecule has 5 nitrogen and oxygen atoms in total. The fourth-order valence-corrected chi connectivity index (χ4v) is 2.41. The predicted molar refractivity (Wildman–Crippen MR) is 83.5 cm³/mol. The van der Waals surface area contributed by atoms with Crippen LogP contribution in [0.3, 0.4) is 0 Å². The van der Waals surface area contributed by atoms with E-state index in [0.29, 0.717) is 24.8 Å². The molecule has 1 aliphatic rings. The molecule has 0 amide bonds. The molecule has 2 N–H and O–H groups in total. The molecule has 0 saturated carbocycles. The minimum absolute atomic E-state index is 0.000325. The minimum atomic E-state index is -0.390. The molecule has 1 heterocycles. The summed E-state index contributed by atoms with van der Waals surface area (Å²) in [5.74, 6) is 0.811. The fraction of sp³-hybridized carbons (Fsp3) is 0.562. The summed E-state index contributed by atoms with van der Waals surface area (Å²) in [6.45, 7) is 8.89. The van der Waals surface area contributed by atoms with Crippen LogP contribution in [0.4, 0.5) is 11.4 Å². The number of ether oxygens (including phenoxy) is 2. The van der Waals surface area contributed by atoms with Crippen LogP contribution >= 0.6 is 0 Å². The highest BCUT2D eigenvalue weighted by molar-refractivity contribution is 5.85. The molecule has 1 aliphatic heterocycles. The molecule has 21 heavy (non-hydrogen) atoms. The number of nitrogens with two attached hydrogens (primary N) is 1. The molecule has 1 aromatic rings. The molecule has 0 bridgehead atoms. The normalized spacial score (nSPS) is 18.9. The number of fused-ring (bicyclic) bond motifs is 1. The summed E-state index contributed by atoms with van der Waals surface area (Å²) >= 11 is 0. The number of hydrogen-bond acceptors (Lipinski definition) is 5. The molecule has 0 saturated heterocycles. The third-order valence-electron chi connectivity index (χ3n) is 3.47. The number of nitrogen functional groups attached to an aromatic ring is 1. The highest BCUT2D eigenvalue weighted by Crippen LogP contribution is 2.39. The number of hydrogen-bond donors (Lipinski definition) is 1. The van der Waals surface area contributed by atoms with Gasteiger partial charge in [0.1, 0.15) is 23.6 Å². The van der Waals surface area contributed by atoms with Crippen LogP contribution in [0, 0.1) is 5.92 Å². The van der Waals surface area contributed by atoms with Crippen molar-refractivity contribution in [3.63, 3.8) is 0 Å². The van der Waals surface area contributed by atoms with Gasteiger partial charge in [-0.3, -0.25) is 0 Å². The minimum Gasteiger partial charge on any atom is -0.487 e. The Kier molecular flexibility index (Phi) is 4.60. The first-order valence-corrected chi connectivity index (χ1v) is 7.38. The van der Waals surface area contributed by atoms with Gasteiger partial charge in [-0.1, -0.05) is 19.9 Å². The fourth-order valence-electron chi connectivity index (χ4n) is 2.41. The zero-order valence-corrected chi connectivity index (χ0v) is 13.1. The molecule has 0 radical (unpaired) electrons. The second-order valence-corrected chi connectivity index (χ2v) is 5.97. The Hall–Kier alpha value is -1.91. The van der Waals surface area contributed by atoms with Crippen LogP contribution in [-0.2, 0) is 9.53 Å². The number of carbonyl (C=O) groups is 1. The van der Waals surface area contributed by atoms with E-state index < -0.39 is 6.04 Å². The summed E-state index contributed by atoms with van der Waals surface area (Å²) in [7, 11) is 0. The summed E-state index contributed by atoms with van der Waals surface area (Å²) in [6.07, 6.45) is -0.000325. The SMILES string of the molecule is CC(C)COC(=O)C(C)N1CC(C)Oc2cccc(N)c21. The van der Waals surface area contributed by atoms with Crippen molar-refractivity contribution in [2.24, 2.45) is 5.92 Å². The van der Waals surface area contributed by atoms with Gasteiger partial charge in [0.25, 0.3) is 0 Å². The van der Waals surface area contributed by atoms with E-state index in [9.17, 15) is 4.79 Å². The maximum absolute atomic E-state index is 12.2. The van der Waals surface area contributed by atoms with Crippen molar-refractivity contribution in [1.29, 1.82) is 0 Å². The monoisotopic (exact) mass is 292 g/mol. The second-order valence-electron chi connectivity index (χ2n) is 5.97. The molecular formula is C16H24N2O3. The largest absolute Gasteiger partial charge is 0.487 e. The van der Waals surface area contributed by atoms with Gasteiger partial charge in [-0.2, -0.15) is 0 Å². The van der Waals surface area contributed by atoms with Gasteiger partial charge in [-0.25, -0.2) is 4.79 Å². The van der Waals surface area contributed by atoms with Crippen LogP contribution in [0.2, 0.25) is 0 Å². The third-order valence-corrected chi connectivity index (χ3v) is 3.47. The second kappa shape index (κ2) is 6.24. The molecule has 2 atom stereocenters. The molecule has 1 aromatic carbocycles. The Morgan fingerprint density at radius 2 is 2.19 bits per heavy atom. The standard InChI is InChI=1S/C16H24N2O3/c1-10(2)9-20-16(19)12(4)18-8-11(3)21-14-7-5-6-13(17)15(14)18/h5-7,10-12H,8-9,17H2,1-4H3. The number of rotatable bonds is 4. The van der Waals surface area contributed by atoms with Crippen molar-refractivity contribution >= 4 is 17.3 Å². The van der Waals surface area contributed by atoms with Crippen molar-refractivity contribution in [1.82, 2.24) is 0 Å². The zero-order chi connectivity index (χ0) is 15.6. The molecular weight excluding hydrogens is 268 g/mol. The summed E-state index contributed by atoms with van der Waals surface area (Å²) in [5, 5.41) is 0. The highest BCUT2D eigenvalue weighted by Gasteiger charge is 2.32. The van der Waals surface area contributed by atoms with Gasteiger partial charge < -0.3 is 20.1 Å². The predicted octanol–water partition coefficient (Wildman–Crippen LogP) is 2.44. The third kappa shape index (κ3) is 3.40. The van der Waals surface area contributed by atoms with Crippen LogP contribution in [0.15, 0.2) is 18.2 Å². The lowest BCUT2D eigenvalue weighted by Gasteiger charge is -2.38. The van der Waals surface area contributed by atoms with Gasteiger partial charge in [-0.05, 0) is 31.9 Å². The van der Waals surface area contributed by atoms with Crippen LogP contribution in [0.1, 0.15) is 27.7 Å². The summed E-state index contributed by atoms with van der Waals surface area (Å²) < 4.78 is 11.1. The van der Waals surface area contributed by atoms with Gasteiger partial charge in [0.2, 0.25) is 0 Å². The van der Waals surface area contributed by atoms with Crippen LogP contribution in [0.5, 0.6) is 5.75 Å². The van der Waals surface area contributed by atoms with Crippen molar-refractivity contribution in [2.75, 3.05) is 23.8 Å². The van der Waals surface area contributed by atoms with E-state index in [-0.39, 0.29) is 12.1 Å². The van der Waals surface area contributed by atoms with Gasteiger partial charge in [0, 0.05) is 0 Å². The van der Waals surface area contributed by atoms with E-state index in [1.807, 2.05) is 50.8 Å². The summed E-state index contributed by atoms with van der Waals surface area (Å²) in [4.78, 5) is 14.2. The lowest BCUT2D eigenvalue weighted by molar-refractivity contribution is -0.146. The van der Waals surface area contributed by atoms with Crippen molar-refractivity contribution < 1.29 is 14.3 Å². The first-order chi connectivity index (χ1) is 9.90. The molecule has 116 valence electrons. The van der Waals surface area contributed by atoms with E-state index in [0.717, 1.165) is 11.4 Å². The first-order valence-electron chi connectivity index (χ1n) is 7.38. The van der Waals surface area contributed by atoms with E-state index in [2.05, 4.69) is 0 Å². The topological polar surface area (TPSA) is 64.8 Å². The Morgan fingerprint density at radius 3 is 2.86 bits per heavy atom. The molecule has 2 rings (SSSR count). The van der Waals surface area contributed by atoms with E-state index >= 15 is 0 Å². The Morgan fingerprint density at radius 1 is 1.48 bits per heavy atom. The quantitative estimate of drug-likeness (QED) is 0.682. The van der Waals surface area contributed by atoms with Gasteiger partial charge in [0.05, 0.1) is 18.8 Å².